The summed E-state index contributed by atoms with van der Waals surface area (Å²) in [6.45, 7) is 6.00. The summed E-state index contributed by atoms with van der Waals surface area (Å²) in [4.78, 5) is 27.9. The molecule has 0 aliphatic rings. The van der Waals surface area contributed by atoms with Crippen LogP contribution < -0.4 is 10.1 Å². The van der Waals surface area contributed by atoms with E-state index < -0.39 is 0 Å². The van der Waals surface area contributed by atoms with Crippen LogP contribution in [0.1, 0.15) is 53.0 Å². The molecule has 1 N–H and O–H groups in total. The zero-order valence-corrected chi connectivity index (χ0v) is 21.3. The highest BCUT2D eigenvalue weighted by Crippen LogP contribution is 2.25. The highest BCUT2D eigenvalue weighted by atomic mass is 79.9. The van der Waals surface area contributed by atoms with Crippen LogP contribution in [0.15, 0.2) is 77.3 Å². The molecule has 5 nitrogen and oxygen atoms in total. The molecule has 0 fully saturated rings. The highest BCUT2D eigenvalue weighted by molar-refractivity contribution is 9.10. The molecule has 34 heavy (non-hydrogen) atoms. The molecule has 0 aliphatic carbocycles. The van der Waals surface area contributed by atoms with Crippen molar-refractivity contribution in [3.63, 3.8) is 0 Å². The first-order valence-corrected chi connectivity index (χ1v) is 12.5. The van der Waals surface area contributed by atoms with Crippen LogP contribution in [0.5, 0.6) is 5.75 Å². The summed E-state index contributed by atoms with van der Waals surface area (Å²) in [6, 6.07) is 22.5. The van der Waals surface area contributed by atoms with Gasteiger partial charge in [-0.2, -0.15) is 0 Å². The Bertz CT molecular complexity index is 1100. The molecule has 0 aliphatic heterocycles. The standard InChI is InChI=1S/C28H31BrN2O3/c1-3-16-31(17-4-2)28(33)22-11-8-12-24(19-22)30-27(32)25-20-23(29)13-14-26(25)34-18-15-21-9-6-5-7-10-21/h5-14,19-20H,3-4,15-18H2,1-2H3,(H,30,32). The van der Waals surface area contributed by atoms with Gasteiger partial charge in [-0.05, 0) is 54.8 Å². The molecule has 3 rings (SSSR count). The lowest BCUT2D eigenvalue weighted by atomic mass is 10.1. The first-order chi connectivity index (χ1) is 16.5. The molecule has 0 bridgehead atoms. The van der Waals surface area contributed by atoms with Gasteiger partial charge in [0, 0.05) is 35.2 Å². The van der Waals surface area contributed by atoms with Crippen LogP contribution in [-0.2, 0) is 6.42 Å². The number of carbonyl (C=O) groups is 2. The molecule has 6 heteroatoms. The van der Waals surface area contributed by atoms with Gasteiger partial charge in [-0.1, -0.05) is 66.2 Å². The van der Waals surface area contributed by atoms with E-state index in [2.05, 4.69) is 47.2 Å². The number of benzene rings is 3. The van der Waals surface area contributed by atoms with E-state index in [4.69, 9.17) is 4.74 Å². The molecule has 0 saturated carbocycles. The minimum atomic E-state index is -0.292. The van der Waals surface area contributed by atoms with Crippen molar-refractivity contribution in [2.24, 2.45) is 0 Å². The average molecular weight is 523 g/mol. The van der Waals surface area contributed by atoms with Crippen LogP contribution >= 0.6 is 15.9 Å². The Kier molecular flexibility index (Phi) is 9.71. The maximum absolute atomic E-state index is 13.1. The number of halogens is 1. The number of hydrogen-bond donors (Lipinski definition) is 1. The molecule has 178 valence electrons. The Hall–Kier alpha value is -3.12. The molecule has 2 amide bonds. The Labute approximate surface area is 210 Å². The number of anilines is 1. The van der Waals surface area contributed by atoms with Gasteiger partial charge in [0.15, 0.2) is 0 Å². The van der Waals surface area contributed by atoms with E-state index in [1.165, 1.54) is 5.56 Å². The number of ether oxygens (including phenoxy) is 1. The van der Waals surface area contributed by atoms with Crippen LogP contribution in [0.25, 0.3) is 0 Å². The van der Waals surface area contributed by atoms with Gasteiger partial charge in [-0.15, -0.1) is 0 Å². The van der Waals surface area contributed by atoms with Crippen molar-refractivity contribution >= 4 is 33.4 Å². The minimum Gasteiger partial charge on any atom is -0.492 e. The van der Waals surface area contributed by atoms with Gasteiger partial charge in [-0.3, -0.25) is 9.59 Å². The summed E-state index contributed by atoms with van der Waals surface area (Å²) in [5, 5.41) is 2.92. The van der Waals surface area contributed by atoms with Crippen LogP contribution in [0.3, 0.4) is 0 Å². The first-order valence-electron chi connectivity index (χ1n) is 11.7. The Balaban J connectivity index is 1.72. The van der Waals surface area contributed by atoms with Crippen molar-refractivity contribution in [3.8, 4) is 5.75 Å². The molecule has 0 heterocycles. The van der Waals surface area contributed by atoms with Gasteiger partial charge >= 0.3 is 0 Å². The normalized spacial score (nSPS) is 10.6. The van der Waals surface area contributed by atoms with Crippen molar-refractivity contribution in [1.29, 1.82) is 0 Å². The third kappa shape index (κ3) is 7.19. The summed E-state index contributed by atoms with van der Waals surface area (Å²) in [5.41, 5.74) is 2.73. The second-order valence-corrected chi connectivity index (χ2v) is 8.97. The lowest BCUT2D eigenvalue weighted by Gasteiger charge is -2.21. The van der Waals surface area contributed by atoms with E-state index in [1.807, 2.05) is 29.2 Å². The number of amides is 2. The van der Waals surface area contributed by atoms with E-state index >= 15 is 0 Å². The fourth-order valence-corrected chi connectivity index (χ4v) is 4.06. The Morgan fingerprint density at radius 2 is 1.65 bits per heavy atom. The predicted octanol–water partition coefficient (Wildman–Crippen LogP) is 6.59. The molecule has 3 aromatic carbocycles. The number of hydrogen-bond acceptors (Lipinski definition) is 3. The van der Waals surface area contributed by atoms with Crippen molar-refractivity contribution in [3.05, 3.63) is 94.0 Å². The van der Waals surface area contributed by atoms with Crippen LogP contribution in [0, 0.1) is 0 Å². The molecule has 0 saturated heterocycles. The zero-order valence-electron chi connectivity index (χ0n) is 19.7. The molecule has 0 aromatic heterocycles. The quantitative estimate of drug-likeness (QED) is 0.309. The number of nitrogens with zero attached hydrogens (tertiary/aromatic N) is 1. The number of carbonyl (C=O) groups excluding carboxylic acids is 2. The van der Waals surface area contributed by atoms with Crippen molar-refractivity contribution in [1.82, 2.24) is 4.90 Å². The number of nitrogens with one attached hydrogen (secondary N) is 1. The second-order valence-electron chi connectivity index (χ2n) is 8.05. The average Bonchev–Trinajstić information content (AvgIpc) is 2.85. The maximum Gasteiger partial charge on any atom is 0.259 e. The monoisotopic (exact) mass is 522 g/mol. The van der Waals surface area contributed by atoms with E-state index in [1.54, 1.807) is 36.4 Å². The van der Waals surface area contributed by atoms with Gasteiger partial charge in [0.2, 0.25) is 0 Å². The third-order valence-corrected chi connectivity index (χ3v) is 5.81. The smallest absolute Gasteiger partial charge is 0.259 e. The van der Waals surface area contributed by atoms with Crippen molar-refractivity contribution in [2.45, 2.75) is 33.1 Å². The third-order valence-electron chi connectivity index (χ3n) is 5.32. The second kappa shape index (κ2) is 12.9. The van der Waals surface area contributed by atoms with Crippen LogP contribution in [0.2, 0.25) is 0 Å². The topological polar surface area (TPSA) is 58.6 Å². The minimum absolute atomic E-state index is 0.0211. The van der Waals surface area contributed by atoms with E-state index in [0.717, 1.165) is 23.7 Å². The van der Waals surface area contributed by atoms with E-state index in [-0.39, 0.29) is 11.8 Å². The van der Waals surface area contributed by atoms with Gasteiger partial charge in [0.25, 0.3) is 11.8 Å². The maximum atomic E-state index is 13.1. The summed E-state index contributed by atoms with van der Waals surface area (Å²) < 4.78 is 6.74. The molecule has 0 spiro atoms. The summed E-state index contributed by atoms with van der Waals surface area (Å²) >= 11 is 3.45. The summed E-state index contributed by atoms with van der Waals surface area (Å²) in [5.74, 6) is 0.202. The Morgan fingerprint density at radius 1 is 0.912 bits per heavy atom. The fourth-order valence-electron chi connectivity index (χ4n) is 3.69. The van der Waals surface area contributed by atoms with Gasteiger partial charge in [0.05, 0.1) is 12.2 Å². The van der Waals surface area contributed by atoms with Crippen molar-refractivity contribution < 1.29 is 14.3 Å². The molecular formula is C28H31BrN2O3. The van der Waals surface area contributed by atoms with Gasteiger partial charge in [0.1, 0.15) is 5.75 Å². The first kappa shape index (κ1) is 25.5. The molecule has 0 unspecified atom stereocenters. The largest absolute Gasteiger partial charge is 0.492 e. The Morgan fingerprint density at radius 3 is 2.35 bits per heavy atom. The van der Waals surface area contributed by atoms with E-state index in [9.17, 15) is 9.59 Å². The zero-order chi connectivity index (χ0) is 24.3. The van der Waals surface area contributed by atoms with Gasteiger partial charge in [-0.25, -0.2) is 0 Å². The van der Waals surface area contributed by atoms with Crippen LogP contribution in [-0.4, -0.2) is 36.4 Å². The SMILES string of the molecule is CCCN(CCC)C(=O)c1cccc(NC(=O)c2cc(Br)ccc2OCCc2ccccc2)c1. The molecular weight excluding hydrogens is 492 g/mol. The predicted molar refractivity (Wildman–Crippen MR) is 141 cm³/mol. The lowest BCUT2D eigenvalue weighted by Crippen LogP contribution is -2.32. The van der Waals surface area contributed by atoms with Crippen LogP contribution in [0.4, 0.5) is 5.69 Å². The molecule has 0 atom stereocenters. The van der Waals surface area contributed by atoms with Crippen molar-refractivity contribution in [2.75, 3.05) is 25.0 Å². The number of rotatable bonds is 11. The van der Waals surface area contributed by atoms with Gasteiger partial charge < -0.3 is 15.0 Å². The summed E-state index contributed by atoms with van der Waals surface area (Å²) in [6.07, 6.45) is 2.55. The lowest BCUT2D eigenvalue weighted by molar-refractivity contribution is 0.0755. The molecule has 0 radical (unpaired) electrons. The van der Waals surface area contributed by atoms with E-state index in [0.29, 0.717) is 42.3 Å². The summed E-state index contributed by atoms with van der Waals surface area (Å²) in [7, 11) is 0. The fraction of sp³-hybridized carbons (Fsp3) is 0.286. The highest BCUT2D eigenvalue weighted by Gasteiger charge is 2.17. The molecule has 3 aromatic rings.